The summed E-state index contributed by atoms with van der Waals surface area (Å²) >= 11 is 0. The first-order valence-corrected chi connectivity index (χ1v) is 10.8. The van der Waals surface area contributed by atoms with Gasteiger partial charge in [-0.1, -0.05) is 6.92 Å². The van der Waals surface area contributed by atoms with Gasteiger partial charge in [0.2, 0.25) is 15.9 Å². The predicted octanol–water partition coefficient (Wildman–Crippen LogP) is 1.30. The van der Waals surface area contributed by atoms with E-state index < -0.39 is 10.0 Å². The fraction of sp³-hybridized carbons (Fsp3) is 0.579. The SMILES string of the molecule is Cc1cc(C(=O)N2CCNC(=O)C2)cc(S(=O)(=O)N2CCC(C)CC2)c1C. The molecule has 2 saturated heterocycles. The lowest BCUT2D eigenvalue weighted by molar-refractivity contribution is -0.123. The van der Waals surface area contributed by atoms with Crippen LogP contribution in [0.15, 0.2) is 17.0 Å². The molecule has 2 amide bonds. The summed E-state index contributed by atoms with van der Waals surface area (Å²) in [5.41, 5.74) is 1.74. The zero-order valence-corrected chi connectivity index (χ0v) is 16.9. The van der Waals surface area contributed by atoms with Gasteiger partial charge in [0.15, 0.2) is 0 Å². The van der Waals surface area contributed by atoms with E-state index in [4.69, 9.17) is 0 Å². The van der Waals surface area contributed by atoms with E-state index >= 15 is 0 Å². The second-order valence-corrected chi connectivity index (χ2v) is 9.49. The monoisotopic (exact) mass is 393 g/mol. The van der Waals surface area contributed by atoms with Crippen molar-refractivity contribution in [2.45, 2.75) is 38.5 Å². The molecular weight excluding hydrogens is 366 g/mol. The Morgan fingerprint density at radius 1 is 1.15 bits per heavy atom. The number of carbonyl (C=O) groups excluding carboxylic acids is 2. The normalized spacial score (nSPS) is 19.8. The number of aryl methyl sites for hydroxylation is 1. The van der Waals surface area contributed by atoms with Crippen molar-refractivity contribution in [2.75, 3.05) is 32.7 Å². The zero-order chi connectivity index (χ0) is 19.8. The van der Waals surface area contributed by atoms with Crippen LogP contribution in [0.1, 0.15) is 41.3 Å². The van der Waals surface area contributed by atoms with Crippen molar-refractivity contribution in [1.29, 1.82) is 0 Å². The first kappa shape index (κ1) is 19.8. The van der Waals surface area contributed by atoms with Crippen LogP contribution < -0.4 is 5.32 Å². The average molecular weight is 394 g/mol. The summed E-state index contributed by atoms with van der Waals surface area (Å²) in [7, 11) is -3.65. The van der Waals surface area contributed by atoms with E-state index in [-0.39, 0.29) is 23.3 Å². The molecule has 2 aliphatic heterocycles. The molecule has 0 saturated carbocycles. The number of nitrogens with one attached hydrogen (secondary N) is 1. The van der Waals surface area contributed by atoms with Gasteiger partial charge >= 0.3 is 0 Å². The van der Waals surface area contributed by atoms with E-state index in [1.807, 2.05) is 6.92 Å². The third kappa shape index (κ3) is 4.01. The van der Waals surface area contributed by atoms with Crippen LogP contribution in [-0.4, -0.2) is 62.2 Å². The summed E-state index contributed by atoms with van der Waals surface area (Å²) < 4.78 is 27.9. The number of rotatable bonds is 3. The van der Waals surface area contributed by atoms with Crippen molar-refractivity contribution < 1.29 is 18.0 Å². The van der Waals surface area contributed by atoms with Crippen molar-refractivity contribution in [2.24, 2.45) is 5.92 Å². The van der Waals surface area contributed by atoms with Crippen LogP contribution >= 0.6 is 0 Å². The molecule has 1 N–H and O–H groups in total. The number of hydrogen-bond acceptors (Lipinski definition) is 4. The highest BCUT2D eigenvalue weighted by atomic mass is 32.2. The Morgan fingerprint density at radius 3 is 2.44 bits per heavy atom. The first-order chi connectivity index (χ1) is 12.7. The van der Waals surface area contributed by atoms with E-state index in [1.54, 1.807) is 13.0 Å². The van der Waals surface area contributed by atoms with Gasteiger partial charge in [-0.15, -0.1) is 0 Å². The minimum atomic E-state index is -3.65. The van der Waals surface area contributed by atoms with Gasteiger partial charge in [-0.2, -0.15) is 4.31 Å². The first-order valence-electron chi connectivity index (χ1n) is 9.37. The van der Waals surface area contributed by atoms with Crippen LogP contribution in [0.3, 0.4) is 0 Å². The summed E-state index contributed by atoms with van der Waals surface area (Å²) in [6.45, 7) is 7.56. The standard InChI is InChI=1S/C19H27N3O4S/c1-13-4-7-22(8-5-13)27(25,26)17-11-16(10-14(2)15(17)3)19(24)21-9-6-20-18(23)12-21/h10-11,13H,4-9,12H2,1-3H3,(H,20,23). The van der Waals surface area contributed by atoms with Crippen LogP contribution in [0.2, 0.25) is 0 Å². The van der Waals surface area contributed by atoms with Gasteiger partial charge in [0.1, 0.15) is 0 Å². The molecule has 1 aromatic rings. The highest BCUT2D eigenvalue weighted by Crippen LogP contribution is 2.28. The summed E-state index contributed by atoms with van der Waals surface area (Å²) in [6.07, 6.45) is 1.69. The second kappa shape index (κ2) is 7.59. The van der Waals surface area contributed by atoms with Crippen molar-refractivity contribution in [3.05, 3.63) is 28.8 Å². The van der Waals surface area contributed by atoms with Crippen molar-refractivity contribution >= 4 is 21.8 Å². The third-order valence-electron chi connectivity index (χ3n) is 5.55. The zero-order valence-electron chi connectivity index (χ0n) is 16.1. The lowest BCUT2D eigenvalue weighted by Gasteiger charge is -2.30. The Bertz CT molecular complexity index is 858. The Hall–Kier alpha value is -1.93. The molecule has 1 aromatic carbocycles. The number of piperazine rings is 1. The minimum absolute atomic E-state index is 0.00213. The number of amides is 2. The van der Waals surface area contributed by atoms with Gasteiger partial charge in [-0.3, -0.25) is 9.59 Å². The topological polar surface area (TPSA) is 86.8 Å². The Kier molecular flexibility index (Phi) is 5.58. The van der Waals surface area contributed by atoms with E-state index in [9.17, 15) is 18.0 Å². The molecule has 0 radical (unpaired) electrons. The Morgan fingerprint density at radius 2 is 1.81 bits per heavy atom. The molecule has 0 unspecified atom stereocenters. The van der Waals surface area contributed by atoms with E-state index in [0.717, 1.165) is 18.4 Å². The number of sulfonamides is 1. The maximum absolute atomic E-state index is 13.2. The molecule has 0 atom stereocenters. The molecule has 8 heteroatoms. The number of hydrogen-bond donors (Lipinski definition) is 1. The summed E-state index contributed by atoms with van der Waals surface area (Å²) in [5.74, 6) is 0.0165. The quantitative estimate of drug-likeness (QED) is 0.839. The highest BCUT2D eigenvalue weighted by molar-refractivity contribution is 7.89. The highest BCUT2D eigenvalue weighted by Gasteiger charge is 2.31. The third-order valence-corrected chi connectivity index (χ3v) is 7.58. The second-order valence-electron chi connectivity index (χ2n) is 7.58. The molecule has 0 aromatic heterocycles. The predicted molar refractivity (Wildman–Crippen MR) is 102 cm³/mol. The molecule has 2 fully saturated rings. The van der Waals surface area contributed by atoms with Crippen LogP contribution in [-0.2, 0) is 14.8 Å². The smallest absolute Gasteiger partial charge is 0.254 e. The number of carbonyl (C=O) groups is 2. The maximum atomic E-state index is 13.2. The fourth-order valence-electron chi connectivity index (χ4n) is 3.58. The van der Waals surface area contributed by atoms with E-state index in [2.05, 4.69) is 12.2 Å². The molecule has 148 valence electrons. The summed E-state index contributed by atoms with van der Waals surface area (Å²) in [6, 6.07) is 3.19. The van der Waals surface area contributed by atoms with Crippen LogP contribution in [0.5, 0.6) is 0 Å². The van der Waals surface area contributed by atoms with Gasteiger partial charge in [0.05, 0.1) is 11.4 Å². The van der Waals surface area contributed by atoms with Crippen molar-refractivity contribution in [3.63, 3.8) is 0 Å². The maximum Gasteiger partial charge on any atom is 0.254 e. The molecule has 2 heterocycles. The number of nitrogens with zero attached hydrogens (tertiary/aromatic N) is 2. The van der Waals surface area contributed by atoms with Gasteiger partial charge in [-0.05, 0) is 55.9 Å². The van der Waals surface area contributed by atoms with Crippen LogP contribution in [0, 0.1) is 19.8 Å². The molecule has 2 aliphatic rings. The molecule has 0 aliphatic carbocycles. The van der Waals surface area contributed by atoms with Gasteiger partial charge < -0.3 is 10.2 Å². The van der Waals surface area contributed by atoms with Gasteiger partial charge in [-0.25, -0.2) is 8.42 Å². The lowest BCUT2D eigenvalue weighted by atomic mass is 10.0. The van der Waals surface area contributed by atoms with Crippen LogP contribution in [0.25, 0.3) is 0 Å². The fourth-order valence-corrected chi connectivity index (χ4v) is 5.37. The molecule has 7 nitrogen and oxygen atoms in total. The average Bonchev–Trinajstić information content (AvgIpc) is 2.63. The van der Waals surface area contributed by atoms with E-state index in [0.29, 0.717) is 43.2 Å². The molecule has 0 spiro atoms. The molecule has 27 heavy (non-hydrogen) atoms. The lowest BCUT2D eigenvalue weighted by Crippen LogP contribution is -2.50. The number of piperidine rings is 1. The molecule has 3 rings (SSSR count). The number of benzene rings is 1. The minimum Gasteiger partial charge on any atom is -0.353 e. The Balaban J connectivity index is 1.94. The largest absolute Gasteiger partial charge is 0.353 e. The Labute approximate surface area is 160 Å². The summed E-state index contributed by atoms with van der Waals surface area (Å²) in [4.78, 5) is 26.1. The van der Waals surface area contributed by atoms with Crippen molar-refractivity contribution in [1.82, 2.24) is 14.5 Å². The molecular formula is C19H27N3O4S. The van der Waals surface area contributed by atoms with Crippen molar-refractivity contribution in [3.8, 4) is 0 Å². The van der Waals surface area contributed by atoms with Gasteiger partial charge in [0.25, 0.3) is 5.91 Å². The van der Waals surface area contributed by atoms with E-state index in [1.165, 1.54) is 15.3 Å². The van der Waals surface area contributed by atoms with Crippen LogP contribution in [0.4, 0.5) is 0 Å². The van der Waals surface area contributed by atoms with Gasteiger partial charge in [0, 0.05) is 31.7 Å². The molecule has 0 bridgehead atoms. The summed E-state index contributed by atoms with van der Waals surface area (Å²) in [5, 5.41) is 2.69.